The number of hydrogen-bond donors (Lipinski definition) is 1. The van der Waals surface area contributed by atoms with E-state index in [1.54, 1.807) is 12.3 Å². The highest BCUT2D eigenvalue weighted by Crippen LogP contribution is 2.14. The molecule has 18 heavy (non-hydrogen) atoms. The number of rotatable bonds is 5. The van der Waals surface area contributed by atoms with Gasteiger partial charge in [0.1, 0.15) is 11.6 Å². The Morgan fingerprint density at radius 2 is 2.11 bits per heavy atom. The fraction of sp³-hybridized carbons (Fsp3) is 0.286. The highest BCUT2D eigenvalue weighted by Gasteiger charge is 2.08. The van der Waals surface area contributed by atoms with E-state index in [-0.39, 0.29) is 5.82 Å². The average molecular weight is 248 g/mol. The minimum atomic E-state index is -0.204. The largest absolute Gasteiger partial charge is 0.468 e. The van der Waals surface area contributed by atoms with Crippen LogP contribution in [-0.4, -0.2) is 11.9 Å². The Labute approximate surface area is 106 Å². The van der Waals surface area contributed by atoms with Gasteiger partial charge >= 0.3 is 0 Å². The van der Waals surface area contributed by atoms with Gasteiger partial charge in [-0.1, -0.05) is 12.1 Å². The Hall–Kier alpha value is -1.65. The van der Waals surface area contributed by atoms with Crippen molar-refractivity contribution >= 4 is 0 Å². The molecule has 0 aliphatic carbocycles. The first-order valence-electron chi connectivity index (χ1n) is 5.87. The molecule has 96 valence electrons. The van der Waals surface area contributed by atoms with E-state index in [0.717, 1.165) is 11.3 Å². The first-order chi connectivity index (χ1) is 8.69. The van der Waals surface area contributed by atoms with Crippen LogP contribution < -0.4 is 5.73 Å². The van der Waals surface area contributed by atoms with Gasteiger partial charge < -0.3 is 10.2 Å². The van der Waals surface area contributed by atoms with Gasteiger partial charge in [-0.2, -0.15) is 0 Å². The molecule has 0 fully saturated rings. The summed E-state index contributed by atoms with van der Waals surface area (Å²) in [4.78, 5) is 2.00. The summed E-state index contributed by atoms with van der Waals surface area (Å²) < 4.78 is 19.0. The van der Waals surface area contributed by atoms with Gasteiger partial charge in [-0.15, -0.1) is 0 Å². The molecule has 2 N–H and O–H groups in total. The molecule has 1 heterocycles. The standard InChI is InChI=1S/C14H17FN2O/c1-17(10-13-3-2-6-18-13)9-12-5-4-11(8-16)7-14(12)15/h2-7H,8-10,16H2,1H3. The van der Waals surface area contributed by atoms with Gasteiger partial charge in [0.15, 0.2) is 0 Å². The number of nitrogens with zero attached hydrogens (tertiary/aromatic N) is 1. The Morgan fingerprint density at radius 1 is 1.28 bits per heavy atom. The van der Waals surface area contributed by atoms with Crippen molar-refractivity contribution in [1.29, 1.82) is 0 Å². The maximum absolute atomic E-state index is 13.8. The van der Waals surface area contributed by atoms with Crippen molar-refractivity contribution in [2.24, 2.45) is 5.73 Å². The van der Waals surface area contributed by atoms with Crippen LogP contribution in [0.25, 0.3) is 0 Å². The zero-order valence-corrected chi connectivity index (χ0v) is 10.4. The summed E-state index contributed by atoms with van der Waals surface area (Å²) in [6, 6.07) is 8.90. The normalized spacial score (nSPS) is 11.1. The molecule has 4 heteroatoms. The van der Waals surface area contributed by atoms with E-state index in [1.807, 2.05) is 30.1 Å². The highest BCUT2D eigenvalue weighted by atomic mass is 19.1. The Bertz CT molecular complexity index is 497. The van der Waals surface area contributed by atoms with Gasteiger partial charge in [0.2, 0.25) is 0 Å². The van der Waals surface area contributed by atoms with E-state index in [4.69, 9.17) is 10.2 Å². The summed E-state index contributed by atoms with van der Waals surface area (Å²) >= 11 is 0. The van der Waals surface area contributed by atoms with Crippen LogP contribution in [0.2, 0.25) is 0 Å². The van der Waals surface area contributed by atoms with E-state index in [0.29, 0.717) is 25.2 Å². The third kappa shape index (κ3) is 3.18. The molecule has 1 aromatic carbocycles. The monoisotopic (exact) mass is 248 g/mol. The fourth-order valence-electron chi connectivity index (χ4n) is 1.86. The second-order valence-corrected chi connectivity index (χ2v) is 4.38. The number of benzene rings is 1. The molecule has 0 radical (unpaired) electrons. The second kappa shape index (κ2) is 5.80. The lowest BCUT2D eigenvalue weighted by Gasteiger charge is -2.16. The molecule has 1 aromatic heterocycles. The molecule has 0 bridgehead atoms. The molecule has 2 aromatic rings. The van der Waals surface area contributed by atoms with Gasteiger partial charge in [-0.05, 0) is 30.8 Å². The highest BCUT2D eigenvalue weighted by molar-refractivity contribution is 5.24. The SMILES string of the molecule is CN(Cc1ccco1)Cc1ccc(CN)cc1F. The predicted molar refractivity (Wildman–Crippen MR) is 68.2 cm³/mol. The molecular weight excluding hydrogens is 231 g/mol. The molecule has 0 atom stereocenters. The van der Waals surface area contributed by atoms with E-state index in [1.165, 1.54) is 6.07 Å². The summed E-state index contributed by atoms with van der Waals surface area (Å²) in [5.74, 6) is 0.667. The zero-order valence-electron chi connectivity index (χ0n) is 10.4. The van der Waals surface area contributed by atoms with E-state index in [2.05, 4.69) is 0 Å². The lowest BCUT2D eigenvalue weighted by atomic mass is 10.1. The van der Waals surface area contributed by atoms with Crippen molar-refractivity contribution in [3.8, 4) is 0 Å². The summed E-state index contributed by atoms with van der Waals surface area (Å²) in [5.41, 5.74) is 6.95. The minimum absolute atomic E-state index is 0.204. The van der Waals surface area contributed by atoms with Crippen LogP contribution in [0.4, 0.5) is 4.39 Å². The third-order valence-electron chi connectivity index (χ3n) is 2.80. The summed E-state index contributed by atoms with van der Waals surface area (Å²) in [6.45, 7) is 1.56. The molecule has 0 aliphatic rings. The van der Waals surface area contributed by atoms with E-state index >= 15 is 0 Å². The third-order valence-corrected chi connectivity index (χ3v) is 2.80. The lowest BCUT2D eigenvalue weighted by molar-refractivity contribution is 0.284. The van der Waals surface area contributed by atoms with Gasteiger partial charge in [0, 0.05) is 18.7 Å². The molecule has 0 saturated heterocycles. The van der Waals surface area contributed by atoms with Crippen LogP contribution in [0.3, 0.4) is 0 Å². The molecule has 0 saturated carbocycles. The molecule has 0 spiro atoms. The van der Waals surface area contributed by atoms with Gasteiger partial charge in [-0.25, -0.2) is 4.39 Å². The van der Waals surface area contributed by atoms with Gasteiger partial charge in [-0.3, -0.25) is 4.90 Å². The zero-order chi connectivity index (χ0) is 13.0. The van der Waals surface area contributed by atoms with Crippen LogP contribution in [0, 0.1) is 5.82 Å². The van der Waals surface area contributed by atoms with Crippen molar-refractivity contribution < 1.29 is 8.81 Å². The quantitative estimate of drug-likeness (QED) is 0.884. The average Bonchev–Trinajstić information content (AvgIpc) is 2.84. The Morgan fingerprint density at radius 3 is 2.72 bits per heavy atom. The Balaban J connectivity index is 2.00. The Kier molecular flexibility index (Phi) is 4.12. The maximum atomic E-state index is 13.8. The van der Waals surface area contributed by atoms with Gasteiger partial charge in [0.25, 0.3) is 0 Å². The first-order valence-corrected chi connectivity index (χ1v) is 5.87. The van der Waals surface area contributed by atoms with Gasteiger partial charge in [0.05, 0.1) is 12.8 Å². The minimum Gasteiger partial charge on any atom is -0.468 e. The number of halogens is 1. The van der Waals surface area contributed by atoms with Crippen LogP contribution in [-0.2, 0) is 19.6 Å². The maximum Gasteiger partial charge on any atom is 0.128 e. The molecule has 0 unspecified atom stereocenters. The van der Waals surface area contributed by atoms with Crippen molar-refractivity contribution in [2.75, 3.05) is 7.05 Å². The molecule has 0 amide bonds. The van der Waals surface area contributed by atoms with E-state index < -0.39 is 0 Å². The molecule has 2 rings (SSSR count). The van der Waals surface area contributed by atoms with Crippen molar-refractivity contribution in [1.82, 2.24) is 4.90 Å². The van der Waals surface area contributed by atoms with E-state index in [9.17, 15) is 4.39 Å². The summed E-state index contributed by atoms with van der Waals surface area (Å²) in [5, 5.41) is 0. The van der Waals surface area contributed by atoms with Crippen molar-refractivity contribution in [3.63, 3.8) is 0 Å². The number of furan rings is 1. The van der Waals surface area contributed by atoms with Crippen LogP contribution in [0.5, 0.6) is 0 Å². The number of nitrogens with two attached hydrogens (primary N) is 1. The van der Waals surface area contributed by atoms with Crippen molar-refractivity contribution in [2.45, 2.75) is 19.6 Å². The number of hydrogen-bond acceptors (Lipinski definition) is 3. The van der Waals surface area contributed by atoms with Crippen molar-refractivity contribution in [3.05, 3.63) is 59.3 Å². The fourth-order valence-corrected chi connectivity index (χ4v) is 1.86. The van der Waals surface area contributed by atoms with Crippen LogP contribution >= 0.6 is 0 Å². The topological polar surface area (TPSA) is 42.4 Å². The summed E-state index contributed by atoms with van der Waals surface area (Å²) in [6.07, 6.45) is 1.64. The van der Waals surface area contributed by atoms with Crippen LogP contribution in [0.1, 0.15) is 16.9 Å². The lowest BCUT2D eigenvalue weighted by Crippen LogP contribution is -2.17. The first kappa shape index (κ1) is 12.8. The van der Waals surface area contributed by atoms with Crippen LogP contribution in [0.15, 0.2) is 41.0 Å². The predicted octanol–water partition coefficient (Wildman–Crippen LogP) is 2.51. The summed E-state index contributed by atoms with van der Waals surface area (Å²) in [7, 11) is 1.93. The second-order valence-electron chi connectivity index (χ2n) is 4.38. The molecule has 0 aliphatic heterocycles. The molecule has 3 nitrogen and oxygen atoms in total. The molecular formula is C14H17FN2O. The smallest absolute Gasteiger partial charge is 0.128 e.